The van der Waals surface area contributed by atoms with Crippen LogP contribution in [0.1, 0.15) is 45.6 Å². The Kier molecular flexibility index (Phi) is 5.96. The largest absolute Gasteiger partial charge is 0.310 e. The number of nitrogens with one attached hydrogen (secondary N) is 1. The van der Waals surface area contributed by atoms with Gasteiger partial charge in [0, 0.05) is 40.3 Å². The molecule has 4 heteroatoms. The molecule has 0 amide bonds. The zero-order chi connectivity index (χ0) is 15.5. The van der Waals surface area contributed by atoms with Gasteiger partial charge in [-0.2, -0.15) is 0 Å². The molecule has 0 radical (unpaired) electrons. The first-order valence-corrected chi connectivity index (χ1v) is 8.69. The van der Waals surface area contributed by atoms with Gasteiger partial charge in [0.05, 0.1) is 0 Å². The van der Waals surface area contributed by atoms with Gasteiger partial charge in [0.1, 0.15) is 0 Å². The predicted octanol–water partition coefficient (Wildman–Crippen LogP) is 4.74. The summed E-state index contributed by atoms with van der Waals surface area (Å²) in [5, 5.41) is 5.30. The highest BCUT2D eigenvalue weighted by Gasteiger charge is 2.33. The molecule has 0 aromatic heterocycles. The van der Waals surface area contributed by atoms with Crippen LogP contribution in [0.25, 0.3) is 0 Å². The Hall–Kier alpha value is -0.280. The summed E-state index contributed by atoms with van der Waals surface area (Å²) in [6.45, 7) is 9.79. The highest BCUT2D eigenvalue weighted by atomic mass is 35.5. The van der Waals surface area contributed by atoms with Gasteiger partial charge in [-0.3, -0.25) is 4.90 Å². The van der Waals surface area contributed by atoms with E-state index in [4.69, 9.17) is 23.2 Å². The Bertz CT molecular complexity index is 452. The molecule has 1 N–H and O–H groups in total. The summed E-state index contributed by atoms with van der Waals surface area (Å²) in [6.07, 6.45) is 3.44. The van der Waals surface area contributed by atoms with E-state index >= 15 is 0 Å². The second-order valence-corrected chi connectivity index (χ2v) is 6.97. The first kappa shape index (κ1) is 17.1. The molecule has 2 nitrogen and oxygen atoms in total. The summed E-state index contributed by atoms with van der Waals surface area (Å²) < 4.78 is 0. The van der Waals surface area contributed by atoms with Crippen LogP contribution in [0.4, 0.5) is 0 Å². The van der Waals surface area contributed by atoms with Crippen molar-refractivity contribution in [1.82, 2.24) is 10.2 Å². The van der Waals surface area contributed by atoms with Crippen LogP contribution < -0.4 is 5.32 Å². The van der Waals surface area contributed by atoms with Gasteiger partial charge in [0.25, 0.3) is 0 Å². The van der Waals surface area contributed by atoms with Gasteiger partial charge in [-0.05, 0) is 44.9 Å². The van der Waals surface area contributed by atoms with Crippen LogP contribution in [-0.2, 0) is 6.54 Å². The molecule has 1 aromatic carbocycles. The van der Waals surface area contributed by atoms with Gasteiger partial charge in [-0.15, -0.1) is 0 Å². The normalized spacial score (nSPS) is 23.0. The van der Waals surface area contributed by atoms with Gasteiger partial charge in [0.15, 0.2) is 0 Å². The number of hydrogen-bond acceptors (Lipinski definition) is 2. The minimum atomic E-state index is 0.207. The lowest BCUT2D eigenvalue weighted by molar-refractivity contribution is 0.152. The Labute approximate surface area is 138 Å². The Balaban J connectivity index is 2.23. The molecular formula is C17H26Cl2N2. The van der Waals surface area contributed by atoms with Crippen molar-refractivity contribution in [1.29, 1.82) is 0 Å². The number of benzene rings is 1. The quantitative estimate of drug-likeness (QED) is 0.859. The molecule has 2 rings (SSSR count). The van der Waals surface area contributed by atoms with Crippen LogP contribution in [0, 0.1) is 0 Å². The van der Waals surface area contributed by atoms with Crippen LogP contribution >= 0.6 is 23.2 Å². The topological polar surface area (TPSA) is 15.3 Å². The predicted molar refractivity (Wildman–Crippen MR) is 92.3 cm³/mol. The summed E-state index contributed by atoms with van der Waals surface area (Å²) in [5.74, 6) is 0. The molecule has 1 heterocycles. The van der Waals surface area contributed by atoms with Crippen molar-refractivity contribution in [3.05, 3.63) is 33.8 Å². The third-order valence-corrected chi connectivity index (χ3v) is 5.68. The smallest absolute Gasteiger partial charge is 0.0465 e. The second-order valence-electron chi connectivity index (χ2n) is 6.16. The van der Waals surface area contributed by atoms with Crippen molar-refractivity contribution >= 4 is 23.2 Å². The zero-order valence-electron chi connectivity index (χ0n) is 13.3. The molecule has 1 fully saturated rings. The molecule has 1 unspecified atom stereocenters. The van der Waals surface area contributed by atoms with E-state index in [1.165, 1.54) is 0 Å². The van der Waals surface area contributed by atoms with Crippen LogP contribution in [0.3, 0.4) is 0 Å². The molecule has 0 saturated carbocycles. The van der Waals surface area contributed by atoms with Gasteiger partial charge in [0.2, 0.25) is 0 Å². The van der Waals surface area contributed by atoms with E-state index in [1.807, 2.05) is 18.2 Å². The number of rotatable bonds is 4. The van der Waals surface area contributed by atoms with Crippen molar-refractivity contribution in [2.24, 2.45) is 0 Å². The molecule has 1 aromatic rings. The molecule has 0 bridgehead atoms. The van der Waals surface area contributed by atoms with Gasteiger partial charge in [-0.25, -0.2) is 0 Å². The highest BCUT2D eigenvalue weighted by molar-refractivity contribution is 6.35. The number of halogens is 2. The van der Waals surface area contributed by atoms with Gasteiger partial charge < -0.3 is 5.32 Å². The van der Waals surface area contributed by atoms with Crippen molar-refractivity contribution in [3.63, 3.8) is 0 Å². The monoisotopic (exact) mass is 328 g/mol. The SMILES string of the molecule is CCC1(CC)CN(Cc2c(Cl)cccc2Cl)C(C)CCN1. The molecule has 118 valence electrons. The maximum Gasteiger partial charge on any atom is 0.0465 e. The standard InChI is InChI=1S/C17H26Cl2N2/c1-4-17(5-2)12-21(13(3)9-10-20-17)11-14-15(18)7-6-8-16(14)19/h6-8,13,20H,4-5,9-12H2,1-3H3. The molecule has 1 aliphatic rings. The lowest BCUT2D eigenvalue weighted by atomic mass is 9.92. The summed E-state index contributed by atoms with van der Waals surface area (Å²) in [5.41, 5.74) is 1.26. The van der Waals surface area contributed by atoms with Crippen molar-refractivity contribution in [2.45, 2.75) is 58.2 Å². The van der Waals surface area contributed by atoms with Crippen molar-refractivity contribution in [3.8, 4) is 0 Å². The fourth-order valence-electron chi connectivity index (χ4n) is 3.15. The average molecular weight is 329 g/mol. The lowest BCUT2D eigenvalue weighted by Crippen LogP contribution is -2.51. The van der Waals surface area contributed by atoms with Crippen LogP contribution in [0.5, 0.6) is 0 Å². The fourth-order valence-corrected chi connectivity index (χ4v) is 3.67. The minimum absolute atomic E-state index is 0.207. The van der Waals surface area contributed by atoms with E-state index < -0.39 is 0 Å². The van der Waals surface area contributed by atoms with Crippen molar-refractivity contribution in [2.75, 3.05) is 13.1 Å². The van der Waals surface area contributed by atoms with E-state index in [-0.39, 0.29) is 5.54 Å². The Morgan fingerprint density at radius 2 is 1.86 bits per heavy atom. The molecule has 1 saturated heterocycles. The Morgan fingerprint density at radius 3 is 2.43 bits per heavy atom. The van der Waals surface area contributed by atoms with E-state index in [9.17, 15) is 0 Å². The van der Waals surface area contributed by atoms with E-state index in [2.05, 4.69) is 31.0 Å². The molecular weight excluding hydrogens is 303 g/mol. The number of nitrogens with zero attached hydrogens (tertiary/aromatic N) is 1. The zero-order valence-corrected chi connectivity index (χ0v) is 14.8. The molecule has 0 spiro atoms. The third kappa shape index (κ3) is 3.92. The van der Waals surface area contributed by atoms with E-state index in [1.54, 1.807) is 0 Å². The van der Waals surface area contributed by atoms with Crippen LogP contribution in [0.2, 0.25) is 10.0 Å². The summed E-state index contributed by atoms with van der Waals surface area (Å²) >= 11 is 12.7. The molecule has 1 atom stereocenters. The minimum Gasteiger partial charge on any atom is -0.310 e. The van der Waals surface area contributed by atoms with Crippen molar-refractivity contribution < 1.29 is 0 Å². The maximum atomic E-state index is 6.35. The molecule has 0 aliphatic carbocycles. The molecule has 21 heavy (non-hydrogen) atoms. The van der Waals surface area contributed by atoms with E-state index in [0.29, 0.717) is 6.04 Å². The molecule has 1 aliphatic heterocycles. The maximum absolute atomic E-state index is 6.35. The van der Waals surface area contributed by atoms with E-state index in [0.717, 1.165) is 54.5 Å². The summed E-state index contributed by atoms with van der Waals surface area (Å²) in [4.78, 5) is 2.53. The van der Waals surface area contributed by atoms with Gasteiger partial charge in [-0.1, -0.05) is 43.1 Å². The fraction of sp³-hybridized carbons (Fsp3) is 0.647. The first-order valence-electron chi connectivity index (χ1n) is 7.93. The first-order chi connectivity index (χ1) is 10.0. The lowest BCUT2D eigenvalue weighted by Gasteiger charge is -2.37. The third-order valence-electron chi connectivity index (χ3n) is 4.97. The van der Waals surface area contributed by atoms with Crippen LogP contribution in [0.15, 0.2) is 18.2 Å². The highest BCUT2D eigenvalue weighted by Crippen LogP contribution is 2.29. The van der Waals surface area contributed by atoms with Crippen LogP contribution in [-0.4, -0.2) is 29.6 Å². The average Bonchev–Trinajstić information content (AvgIpc) is 2.63. The summed E-state index contributed by atoms with van der Waals surface area (Å²) in [6, 6.07) is 6.29. The van der Waals surface area contributed by atoms with Gasteiger partial charge >= 0.3 is 0 Å². The second kappa shape index (κ2) is 7.32. The Morgan fingerprint density at radius 1 is 1.24 bits per heavy atom. The number of hydrogen-bond donors (Lipinski definition) is 1. The summed E-state index contributed by atoms with van der Waals surface area (Å²) in [7, 11) is 0.